The van der Waals surface area contributed by atoms with Gasteiger partial charge in [-0.1, -0.05) is 44.0 Å². The third kappa shape index (κ3) is 3.45. The monoisotopic (exact) mass is 299 g/mol. The van der Waals surface area contributed by atoms with E-state index in [0.717, 1.165) is 28.5 Å². The molecule has 0 amide bonds. The van der Waals surface area contributed by atoms with E-state index in [4.69, 9.17) is 28.9 Å². The zero-order chi connectivity index (χ0) is 14.2. The van der Waals surface area contributed by atoms with Crippen molar-refractivity contribution < 1.29 is 0 Å². The van der Waals surface area contributed by atoms with Crippen LogP contribution in [0.25, 0.3) is 0 Å². The van der Waals surface area contributed by atoms with Crippen molar-refractivity contribution in [2.75, 3.05) is 0 Å². The number of halogens is 2. The average molecular weight is 300 g/mol. The van der Waals surface area contributed by atoms with Crippen molar-refractivity contribution in [2.45, 2.75) is 52.0 Å². The van der Waals surface area contributed by atoms with Gasteiger partial charge < -0.3 is 5.73 Å². The van der Waals surface area contributed by atoms with Gasteiger partial charge in [-0.25, -0.2) is 0 Å². The quantitative estimate of drug-likeness (QED) is 0.753. The van der Waals surface area contributed by atoms with Crippen LogP contribution in [0, 0.1) is 11.3 Å². The summed E-state index contributed by atoms with van der Waals surface area (Å²) in [7, 11) is 0. The van der Waals surface area contributed by atoms with E-state index in [0.29, 0.717) is 17.3 Å². The SMILES string of the molecule is CC(C)(C)C1CCC(N)C(c2cc(Cl)ccc2Cl)C1. The molecule has 0 spiro atoms. The lowest BCUT2D eigenvalue weighted by Crippen LogP contribution is -2.38. The Hall–Kier alpha value is -0.240. The molecule has 0 bridgehead atoms. The van der Waals surface area contributed by atoms with E-state index < -0.39 is 0 Å². The maximum absolute atomic E-state index is 6.34. The number of hydrogen-bond acceptors (Lipinski definition) is 1. The van der Waals surface area contributed by atoms with Gasteiger partial charge in [0.15, 0.2) is 0 Å². The van der Waals surface area contributed by atoms with Crippen LogP contribution < -0.4 is 5.73 Å². The lowest BCUT2D eigenvalue weighted by molar-refractivity contribution is 0.154. The summed E-state index contributed by atoms with van der Waals surface area (Å²) in [6.45, 7) is 6.93. The molecule has 1 aromatic carbocycles. The van der Waals surface area contributed by atoms with Crippen LogP contribution in [0.1, 0.15) is 51.5 Å². The summed E-state index contributed by atoms with van der Waals surface area (Å²) in [4.78, 5) is 0. The first-order valence-electron chi connectivity index (χ1n) is 6.99. The Labute approximate surface area is 126 Å². The van der Waals surface area contributed by atoms with Crippen molar-refractivity contribution in [1.29, 1.82) is 0 Å². The van der Waals surface area contributed by atoms with Crippen LogP contribution in [-0.4, -0.2) is 6.04 Å². The fourth-order valence-corrected chi connectivity index (χ4v) is 3.58. The minimum absolute atomic E-state index is 0.189. The molecule has 2 N–H and O–H groups in total. The van der Waals surface area contributed by atoms with Gasteiger partial charge >= 0.3 is 0 Å². The minimum Gasteiger partial charge on any atom is -0.327 e. The second-order valence-electron chi connectivity index (χ2n) is 6.81. The van der Waals surface area contributed by atoms with Gasteiger partial charge in [-0.05, 0) is 54.4 Å². The van der Waals surface area contributed by atoms with Gasteiger partial charge in [0.05, 0.1) is 0 Å². The minimum atomic E-state index is 0.189. The molecule has 106 valence electrons. The van der Waals surface area contributed by atoms with E-state index in [2.05, 4.69) is 20.8 Å². The van der Waals surface area contributed by atoms with Crippen molar-refractivity contribution in [3.05, 3.63) is 33.8 Å². The molecular formula is C16H23Cl2N. The molecule has 1 aromatic rings. The van der Waals surface area contributed by atoms with Crippen molar-refractivity contribution >= 4 is 23.2 Å². The Morgan fingerprint density at radius 3 is 2.47 bits per heavy atom. The fraction of sp³-hybridized carbons (Fsp3) is 0.625. The van der Waals surface area contributed by atoms with Crippen molar-refractivity contribution in [3.8, 4) is 0 Å². The van der Waals surface area contributed by atoms with E-state index in [1.165, 1.54) is 6.42 Å². The third-order valence-electron chi connectivity index (χ3n) is 4.49. The summed E-state index contributed by atoms with van der Waals surface area (Å²) in [5, 5.41) is 1.53. The van der Waals surface area contributed by atoms with E-state index in [1.54, 1.807) is 0 Å². The van der Waals surface area contributed by atoms with Gasteiger partial charge in [0.1, 0.15) is 0 Å². The zero-order valence-electron chi connectivity index (χ0n) is 11.9. The first-order chi connectivity index (χ1) is 8.79. The van der Waals surface area contributed by atoms with Gasteiger partial charge in [0, 0.05) is 22.0 Å². The molecule has 1 aliphatic carbocycles. The molecule has 3 heteroatoms. The predicted molar refractivity (Wildman–Crippen MR) is 84.0 cm³/mol. The van der Waals surface area contributed by atoms with Gasteiger partial charge in [0.25, 0.3) is 0 Å². The molecule has 3 atom stereocenters. The van der Waals surface area contributed by atoms with Gasteiger partial charge in [-0.15, -0.1) is 0 Å². The lowest BCUT2D eigenvalue weighted by atomic mass is 9.66. The molecular weight excluding hydrogens is 277 g/mol. The first kappa shape index (κ1) is 15.2. The summed E-state index contributed by atoms with van der Waals surface area (Å²) in [6, 6.07) is 5.89. The van der Waals surface area contributed by atoms with E-state index in [9.17, 15) is 0 Å². The standard InChI is InChI=1S/C16H23Cl2N/c1-16(2,3)10-4-7-15(19)13(8-10)12-9-11(17)5-6-14(12)18/h5-6,9-10,13,15H,4,7-8,19H2,1-3H3. The molecule has 1 nitrogen and oxygen atoms in total. The van der Waals surface area contributed by atoms with Crippen molar-refractivity contribution in [1.82, 2.24) is 0 Å². The molecule has 1 saturated carbocycles. The van der Waals surface area contributed by atoms with Crippen molar-refractivity contribution in [2.24, 2.45) is 17.1 Å². The van der Waals surface area contributed by atoms with E-state index in [-0.39, 0.29) is 6.04 Å². The van der Waals surface area contributed by atoms with Crippen molar-refractivity contribution in [3.63, 3.8) is 0 Å². The predicted octanol–water partition coefficient (Wildman–Crippen LogP) is 5.25. The van der Waals surface area contributed by atoms with Gasteiger partial charge in [-0.2, -0.15) is 0 Å². The number of rotatable bonds is 1. The maximum atomic E-state index is 6.34. The fourth-order valence-electron chi connectivity index (χ4n) is 3.14. The highest BCUT2D eigenvalue weighted by atomic mass is 35.5. The van der Waals surface area contributed by atoms with Crippen LogP contribution in [0.4, 0.5) is 0 Å². The van der Waals surface area contributed by atoms with Crippen LogP contribution in [0.5, 0.6) is 0 Å². The summed E-state index contributed by atoms with van der Waals surface area (Å²) in [5.74, 6) is 1.01. The highest BCUT2D eigenvalue weighted by molar-refractivity contribution is 6.33. The largest absolute Gasteiger partial charge is 0.327 e. The Bertz CT molecular complexity index is 451. The highest BCUT2D eigenvalue weighted by Crippen LogP contribution is 2.45. The molecule has 0 saturated heterocycles. The smallest absolute Gasteiger partial charge is 0.0442 e. The molecule has 19 heavy (non-hydrogen) atoms. The normalized spacial score (nSPS) is 28.4. The van der Waals surface area contributed by atoms with Crippen LogP contribution in [0.15, 0.2) is 18.2 Å². The number of hydrogen-bond donors (Lipinski definition) is 1. The molecule has 2 rings (SSSR count). The van der Waals surface area contributed by atoms with Crippen LogP contribution >= 0.6 is 23.2 Å². The van der Waals surface area contributed by atoms with Crippen LogP contribution in [-0.2, 0) is 0 Å². The molecule has 0 aromatic heterocycles. The second kappa shape index (κ2) is 5.63. The first-order valence-corrected chi connectivity index (χ1v) is 7.75. The number of nitrogens with two attached hydrogens (primary N) is 1. The summed E-state index contributed by atoms with van der Waals surface area (Å²) in [5.41, 5.74) is 7.78. The highest BCUT2D eigenvalue weighted by Gasteiger charge is 2.35. The Morgan fingerprint density at radius 2 is 1.84 bits per heavy atom. The lowest BCUT2D eigenvalue weighted by Gasteiger charge is -2.41. The molecule has 0 aliphatic heterocycles. The number of benzene rings is 1. The maximum Gasteiger partial charge on any atom is 0.0442 e. The molecule has 1 fully saturated rings. The van der Waals surface area contributed by atoms with Gasteiger partial charge in [-0.3, -0.25) is 0 Å². The Kier molecular flexibility index (Phi) is 4.49. The Morgan fingerprint density at radius 1 is 1.16 bits per heavy atom. The summed E-state index contributed by atoms with van der Waals surface area (Å²) < 4.78 is 0. The third-order valence-corrected chi connectivity index (χ3v) is 5.07. The van der Waals surface area contributed by atoms with Gasteiger partial charge in [0.2, 0.25) is 0 Å². The Balaban J connectivity index is 2.28. The molecule has 1 aliphatic rings. The topological polar surface area (TPSA) is 26.0 Å². The van der Waals surface area contributed by atoms with E-state index in [1.807, 2.05) is 18.2 Å². The molecule has 0 heterocycles. The molecule has 3 unspecified atom stereocenters. The van der Waals surface area contributed by atoms with Crippen LogP contribution in [0.3, 0.4) is 0 Å². The summed E-state index contributed by atoms with van der Waals surface area (Å²) >= 11 is 12.5. The summed E-state index contributed by atoms with van der Waals surface area (Å²) in [6.07, 6.45) is 3.37. The molecule has 0 radical (unpaired) electrons. The average Bonchev–Trinajstić information content (AvgIpc) is 2.32. The van der Waals surface area contributed by atoms with Crippen LogP contribution in [0.2, 0.25) is 10.0 Å². The second-order valence-corrected chi connectivity index (χ2v) is 7.66. The van der Waals surface area contributed by atoms with E-state index >= 15 is 0 Å². The zero-order valence-corrected chi connectivity index (χ0v) is 13.4.